The number of hydrogen-bond donors (Lipinski definition) is 1. The molecule has 0 aromatic carbocycles. The van der Waals surface area contributed by atoms with Crippen LogP contribution in [0.1, 0.15) is 19.8 Å². The van der Waals surface area contributed by atoms with Gasteiger partial charge in [-0.1, -0.05) is 13.3 Å². The van der Waals surface area contributed by atoms with Gasteiger partial charge in [-0.3, -0.25) is 9.48 Å². The van der Waals surface area contributed by atoms with E-state index in [0.29, 0.717) is 6.54 Å². The molecule has 0 radical (unpaired) electrons. The van der Waals surface area contributed by atoms with Crippen LogP contribution in [-0.4, -0.2) is 30.7 Å². The maximum Gasteiger partial charge on any atom is 0.264 e. The number of hydrogen-bond acceptors (Lipinski definition) is 4. The molecule has 1 rings (SSSR count). The van der Waals surface area contributed by atoms with Gasteiger partial charge in [0.1, 0.15) is 11.4 Å². The third-order valence-corrected chi connectivity index (χ3v) is 3.36. The maximum absolute atomic E-state index is 11.4. The fraction of sp³-hybridized carbons (Fsp3) is 0.556. The summed E-state index contributed by atoms with van der Waals surface area (Å²) in [6.07, 6.45) is 4.24. The topological polar surface area (TPSA) is 81.1 Å². The first-order chi connectivity index (χ1) is 7.93. The molecule has 1 aromatic rings. The minimum atomic E-state index is -3.78. The van der Waals surface area contributed by atoms with Gasteiger partial charge in [0, 0.05) is 23.4 Å². The van der Waals surface area contributed by atoms with Crippen LogP contribution in [0.4, 0.5) is 0 Å². The third-order valence-electron chi connectivity index (χ3n) is 2.05. The standard InChI is InChI=1S/C9H14ClN3O3S/c1-2-3-4-11-9(14)7-13-6-8(5-12-13)17(10,15)16/h5-6H,2-4,7H2,1H3,(H,11,14). The predicted molar refractivity (Wildman–Crippen MR) is 63.2 cm³/mol. The number of carbonyl (C=O) groups excluding carboxylic acids is 1. The lowest BCUT2D eigenvalue weighted by molar-refractivity contribution is -0.121. The summed E-state index contributed by atoms with van der Waals surface area (Å²) in [6.45, 7) is 2.62. The number of unbranched alkanes of at least 4 members (excludes halogenated alkanes) is 1. The monoisotopic (exact) mass is 279 g/mol. The highest BCUT2D eigenvalue weighted by Gasteiger charge is 2.13. The average Bonchev–Trinajstić information content (AvgIpc) is 2.66. The molecule has 1 N–H and O–H groups in total. The van der Waals surface area contributed by atoms with E-state index in [1.807, 2.05) is 6.92 Å². The Kier molecular flexibility index (Phi) is 4.95. The van der Waals surface area contributed by atoms with E-state index in [-0.39, 0.29) is 17.3 Å². The van der Waals surface area contributed by atoms with E-state index in [1.54, 1.807) is 0 Å². The van der Waals surface area contributed by atoms with Gasteiger partial charge >= 0.3 is 0 Å². The van der Waals surface area contributed by atoms with Crippen LogP contribution < -0.4 is 5.32 Å². The highest BCUT2D eigenvalue weighted by atomic mass is 35.7. The first-order valence-corrected chi connectivity index (χ1v) is 7.48. The van der Waals surface area contributed by atoms with E-state index in [2.05, 4.69) is 10.4 Å². The van der Waals surface area contributed by atoms with Crippen molar-refractivity contribution in [3.63, 3.8) is 0 Å². The van der Waals surface area contributed by atoms with Crippen LogP contribution in [0.25, 0.3) is 0 Å². The van der Waals surface area contributed by atoms with Crippen molar-refractivity contribution in [1.29, 1.82) is 0 Å². The number of halogens is 1. The highest BCUT2D eigenvalue weighted by molar-refractivity contribution is 8.13. The van der Waals surface area contributed by atoms with Crippen molar-refractivity contribution >= 4 is 25.6 Å². The Bertz CT molecular complexity index is 483. The van der Waals surface area contributed by atoms with E-state index in [4.69, 9.17) is 10.7 Å². The zero-order valence-corrected chi connectivity index (χ0v) is 11.0. The van der Waals surface area contributed by atoms with Gasteiger partial charge in [-0.2, -0.15) is 5.10 Å². The van der Waals surface area contributed by atoms with Crippen LogP contribution in [0.3, 0.4) is 0 Å². The smallest absolute Gasteiger partial charge is 0.264 e. The summed E-state index contributed by atoms with van der Waals surface area (Å²) in [4.78, 5) is 11.3. The molecule has 6 nitrogen and oxygen atoms in total. The number of aromatic nitrogens is 2. The van der Waals surface area contributed by atoms with Gasteiger partial charge in [0.25, 0.3) is 9.05 Å². The number of carbonyl (C=O) groups is 1. The van der Waals surface area contributed by atoms with Gasteiger partial charge in [0.05, 0.1) is 6.20 Å². The molecule has 0 aliphatic heterocycles. The van der Waals surface area contributed by atoms with E-state index in [9.17, 15) is 13.2 Å². The third kappa shape index (κ3) is 4.74. The first kappa shape index (κ1) is 14.0. The van der Waals surface area contributed by atoms with E-state index in [0.717, 1.165) is 19.0 Å². The molecule has 8 heteroatoms. The molecule has 0 saturated heterocycles. The van der Waals surface area contributed by atoms with Crippen LogP contribution in [0, 0.1) is 0 Å². The van der Waals surface area contributed by atoms with Gasteiger partial charge in [-0.15, -0.1) is 0 Å². The Hall–Kier alpha value is -1.08. The molecule has 0 unspecified atom stereocenters. The number of nitrogens with one attached hydrogen (secondary N) is 1. The normalized spacial score (nSPS) is 11.4. The van der Waals surface area contributed by atoms with E-state index >= 15 is 0 Å². The number of amides is 1. The summed E-state index contributed by atoms with van der Waals surface area (Å²) in [7, 11) is 1.35. The molecule has 17 heavy (non-hydrogen) atoms. The second-order valence-electron chi connectivity index (χ2n) is 3.51. The minimum Gasteiger partial charge on any atom is -0.354 e. The van der Waals surface area contributed by atoms with Crippen molar-refractivity contribution in [2.75, 3.05) is 6.54 Å². The lowest BCUT2D eigenvalue weighted by atomic mass is 10.3. The van der Waals surface area contributed by atoms with Crippen molar-refractivity contribution in [1.82, 2.24) is 15.1 Å². The van der Waals surface area contributed by atoms with Crippen LogP contribution in [0.15, 0.2) is 17.3 Å². The fourth-order valence-corrected chi connectivity index (χ4v) is 1.82. The summed E-state index contributed by atoms with van der Waals surface area (Å²) in [5, 5.41) is 6.44. The molecule has 1 amide bonds. The Morgan fingerprint density at radius 1 is 1.59 bits per heavy atom. The Morgan fingerprint density at radius 3 is 2.82 bits per heavy atom. The summed E-state index contributed by atoms with van der Waals surface area (Å²) in [5.74, 6) is -0.208. The molecule has 0 spiro atoms. The van der Waals surface area contributed by atoms with Crippen molar-refractivity contribution in [3.05, 3.63) is 12.4 Å². The highest BCUT2D eigenvalue weighted by Crippen LogP contribution is 2.12. The molecule has 0 aliphatic carbocycles. The largest absolute Gasteiger partial charge is 0.354 e. The van der Waals surface area contributed by atoms with E-state index in [1.165, 1.54) is 10.9 Å². The molecular weight excluding hydrogens is 266 g/mol. The molecule has 0 atom stereocenters. The van der Waals surface area contributed by atoms with Crippen molar-refractivity contribution < 1.29 is 13.2 Å². The van der Waals surface area contributed by atoms with Crippen molar-refractivity contribution in [2.24, 2.45) is 0 Å². The SMILES string of the molecule is CCCCNC(=O)Cn1cc(S(=O)(=O)Cl)cn1. The van der Waals surface area contributed by atoms with E-state index < -0.39 is 9.05 Å². The average molecular weight is 280 g/mol. The second-order valence-corrected chi connectivity index (χ2v) is 6.08. The fourth-order valence-electron chi connectivity index (χ4n) is 1.16. The van der Waals surface area contributed by atoms with Gasteiger partial charge in [-0.05, 0) is 6.42 Å². The number of nitrogens with zero attached hydrogens (tertiary/aromatic N) is 2. The van der Waals surface area contributed by atoms with Crippen molar-refractivity contribution in [3.8, 4) is 0 Å². The lowest BCUT2D eigenvalue weighted by Crippen LogP contribution is -2.28. The molecule has 0 saturated carbocycles. The zero-order valence-electron chi connectivity index (χ0n) is 9.39. The van der Waals surface area contributed by atoms with Gasteiger partial charge in [-0.25, -0.2) is 8.42 Å². The molecule has 1 heterocycles. The van der Waals surface area contributed by atoms with Gasteiger partial charge in [0.15, 0.2) is 0 Å². The Morgan fingerprint density at radius 2 is 2.29 bits per heavy atom. The van der Waals surface area contributed by atoms with Gasteiger partial charge < -0.3 is 5.32 Å². The van der Waals surface area contributed by atoms with Gasteiger partial charge in [0.2, 0.25) is 5.91 Å². The molecule has 96 valence electrons. The summed E-state index contributed by atoms with van der Waals surface area (Å²) >= 11 is 0. The molecule has 0 bridgehead atoms. The lowest BCUT2D eigenvalue weighted by Gasteiger charge is -2.03. The predicted octanol–water partition coefficient (Wildman–Crippen LogP) is 0.727. The van der Waals surface area contributed by atoms with Crippen molar-refractivity contribution in [2.45, 2.75) is 31.2 Å². The zero-order chi connectivity index (χ0) is 12.9. The van der Waals surface area contributed by atoms with Crippen LogP contribution in [0.2, 0.25) is 0 Å². The summed E-state index contributed by atoms with van der Waals surface area (Å²) in [5.41, 5.74) is 0. The Balaban J connectivity index is 2.52. The summed E-state index contributed by atoms with van der Waals surface area (Å²) in [6, 6.07) is 0. The molecule has 0 aliphatic rings. The number of rotatable bonds is 6. The van der Waals surface area contributed by atoms with Crippen LogP contribution in [-0.2, 0) is 20.4 Å². The van der Waals surface area contributed by atoms with Crippen LogP contribution >= 0.6 is 10.7 Å². The summed E-state index contributed by atoms with van der Waals surface area (Å²) < 4.78 is 23.1. The molecule has 0 fully saturated rings. The first-order valence-electron chi connectivity index (χ1n) is 5.17. The molecular formula is C9H14ClN3O3S. The molecule has 1 aromatic heterocycles. The quantitative estimate of drug-likeness (QED) is 0.615. The minimum absolute atomic E-state index is 0.0177. The maximum atomic E-state index is 11.4. The Labute approximate surface area is 104 Å². The second kappa shape index (κ2) is 6.02. The van der Waals surface area contributed by atoms with Crippen LogP contribution in [0.5, 0.6) is 0 Å².